The number of piperidine rings is 1. The fourth-order valence-electron chi connectivity index (χ4n) is 0.964. The Bertz CT molecular complexity index is 56.9. The minimum absolute atomic E-state index is 0.530. The first-order chi connectivity index (χ1) is 3.79. The maximum atomic E-state index is 12.3. The van der Waals surface area contributed by atoms with E-state index in [0.29, 0.717) is 12.6 Å². The number of halogens is 1. The van der Waals surface area contributed by atoms with Crippen molar-refractivity contribution in [3.8, 4) is 0 Å². The number of hydrogen-bond donors (Lipinski definition) is 1. The van der Waals surface area contributed by atoms with Gasteiger partial charge >= 0.3 is 0 Å². The SMILES string of the molecule is C[C@H]1CC[C@@H](F)CN1. The van der Waals surface area contributed by atoms with Gasteiger partial charge in [0.05, 0.1) is 0 Å². The monoisotopic (exact) mass is 117 g/mol. The normalized spacial score (nSPS) is 39.8. The smallest absolute Gasteiger partial charge is 0.113 e. The van der Waals surface area contributed by atoms with Crippen molar-refractivity contribution in [1.82, 2.24) is 5.32 Å². The van der Waals surface area contributed by atoms with E-state index in [-0.39, 0.29) is 0 Å². The van der Waals surface area contributed by atoms with Crippen molar-refractivity contribution >= 4 is 0 Å². The lowest BCUT2D eigenvalue weighted by atomic mass is 10.1. The maximum absolute atomic E-state index is 12.3. The van der Waals surface area contributed by atoms with Crippen molar-refractivity contribution in [3.63, 3.8) is 0 Å². The van der Waals surface area contributed by atoms with Gasteiger partial charge in [-0.1, -0.05) is 0 Å². The van der Waals surface area contributed by atoms with Crippen molar-refractivity contribution < 1.29 is 4.39 Å². The van der Waals surface area contributed by atoms with E-state index in [4.69, 9.17) is 0 Å². The molecule has 1 saturated heterocycles. The Kier molecular flexibility index (Phi) is 1.84. The van der Waals surface area contributed by atoms with E-state index in [1.165, 1.54) is 0 Å². The number of alkyl halides is 1. The predicted octanol–water partition coefficient (Wildman–Crippen LogP) is 1.10. The Morgan fingerprint density at radius 1 is 1.50 bits per heavy atom. The zero-order valence-electron chi connectivity index (χ0n) is 5.15. The molecule has 2 heteroatoms. The molecule has 2 atom stereocenters. The number of nitrogens with one attached hydrogen (secondary N) is 1. The highest BCUT2D eigenvalue weighted by Gasteiger charge is 2.15. The molecule has 1 aliphatic heterocycles. The second-order valence-corrected chi connectivity index (χ2v) is 2.48. The van der Waals surface area contributed by atoms with E-state index in [1.807, 2.05) is 0 Å². The van der Waals surface area contributed by atoms with Crippen LogP contribution in [0, 0.1) is 0 Å². The third-order valence-electron chi connectivity index (χ3n) is 1.60. The van der Waals surface area contributed by atoms with Crippen LogP contribution in [0.3, 0.4) is 0 Å². The zero-order chi connectivity index (χ0) is 5.98. The first-order valence-corrected chi connectivity index (χ1v) is 3.16. The van der Waals surface area contributed by atoms with Crippen LogP contribution in [0.2, 0.25) is 0 Å². The molecule has 0 aliphatic carbocycles. The van der Waals surface area contributed by atoms with Gasteiger partial charge in [0.25, 0.3) is 0 Å². The summed E-state index contributed by atoms with van der Waals surface area (Å²) in [5, 5.41) is 3.06. The van der Waals surface area contributed by atoms with Crippen molar-refractivity contribution in [2.45, 2.75) is 32.0 Å². The van der Waals surface area contributed by atoms with E-state index < -0.39 is 6.17 Å². The Balaban J connectivity index is 2.19. The fourth-order valence-corrected chi connectivity index (χ4v) is 0.964. The highest BCUT2D eigenvalue weighted by molar-refractivity contribution is 4.73. The van der Waals surface area contributed by atoms with Gasteiger partial charge in [0, 0.05) is 12.6 Å². The Labute approximate surface area is 49.3 Å². The second kappa shape index (κ2) is 2.44. The third kappa shape index (κ3) is 1.44. The molecule has 1 fully saturated rings. The molecule has 0 amide bonds. The molecule has 0 saturated carbocycles. The van der Waals surface area contributed by atoms with Gasteiger partial charge in [0.2, 0.25) is 0 Å². The first kappa shape index (κ1) is 6.02. The topological polar surface area (TPSA) is 12.0 Å². The summed E-state index contributed by atoms with van der Waals surface area (Å²) in [6.07, 6.45) is 1.14. The largest absolute Gasteiger partial charge is 0.311 e. The molecule has 1 nitrogen and oxygen atoms in total. The second-order valence-electron chi connectivity index (χ2n) is 2.48. The van der Waals surface area contributed by atoms with E-state index >= 15 is 0 Å². The predicted molar refractivity (Wildman–Crippen MR) is 31.6 cm³/mol. The highest BCUT2D eigenvalue weighted by atomic mass is 19.1. The molecule has 0 spiro atoms. The van der Waals surface area contributed by atoms with E-state index in [9.17, 15) is 4.39 Å². The van der Waals surface area contributed by atoms with E-state index in [0.717, 1.165) is 12.8 Å². The highest BCUT2D eigenvalue weighted by Crippen LogP contribution is 2.09. The van der Waals surface area contributed by atoms with Crippen LogP contribution < -0.4 is 5.32 Å². The summed E-state index contributed by atoms with van der Waals surface area (Å²) in [6, 6.07) is 0.530. The minimum atomic E-state index is -0.591. The van der Waals surface area contributed by atoms with Gasteiger partial charge < -0.3 is 5.32 Å². The summed E-state index contributed by atoms with van der Waals surface area (Å²) in [7, 11) is 0. The molecule has 0 aromatic heterocycles. The summed E-state index contributed by atoms with van der Waals surface area (Å²) in [4.78, 5) is 0. The van der Waals surface area contributed by atoms with Gasteiger partial charge in [0.1, 0.15) is 6.17 Å². The van der Waals surface area contributed by atoms with Crippen LogP contribution in [0.1, 0.15) is 19.8 Å². The molecule has 1 heterocycles. The number of hydrogen-bond acceptors (Lipinski definition) is 1. The van der Waals surface area contributed by atoms with Gasteiger partial charge in [-0.15, -0.1) is 0 Å². The van der Waals surface area contributed by atoms with E-state index in [1.54, 1.807) is 0 Å². The molecular weight excluding hydrogens is 105 g/mol. The van der Waals surface area contributed by atoms with Crippen LogP contribution in [-0.4, -0.2) is 18.8 Å². The lowest BCUT2D eigenvalue weighted by Gasteiger charge is -2.21. The molecule has 0 aromatic carbocycles. The minimum Gasteiger partial charge on any atom is -0.311 e. The Hall–Kier alpha value is -0.110. The lowest BCUT2D eigenvalue weighted by molar-refractivity contribution is 0.239. The Morgan fingerprint density at radius 2 is 2.25 bits per heavy atom. The molecule has 1 N–H and O–H groups in total. The third-order valence-corrected chi connectivity index (χ3v) is 1.60. The average molecular weight is 117 g/mol. The van der Waals surface area contributed by atoms with Gasteiger partial charge in [-0.3, -0.25) is 0 Å². The van der Waals surface area contributed by atoms with Gasteiger partial charge in [-0.2, -0.15) is 0 Å². The lowest BCUT2D eigenvalue weighted by Crippen LogP contribution is -2.37. The van der Waals surface area contributed by atoms with Crippen molar-refractivity contribution in [2.24, 2.45) is 0 Å². The molecule has 1 rings (SSSR count). The van der Waals surface area contributed by atoms with Crippen LogP contribution in [0.5, 0.6) is 0 Å². The van der Waals surface area contributed by atoms with Crippen LogP contribution in [0.4, 0.5) is 4.39 Å². The van der Waals surface area contributed by atoms with Crippen LogP contribution >= 0.6 is 0 Å². The standard InChI is InChI=1S/C6H12FN/c1-5-2-3-6(7)4-8-5/h5-6,8H,2-4H2,1H3/t5-,6+/m0/s1. The summed E-state index contributed by atoms with van der Waals surface area (Å²) >= 11 is 0. The summed E-state index contributed by atoms with van der Waals surface area (Å²) in [5.41, 5.74) is 0. The van der Waals surface area contributed by atoms with Crippen molar-refractivity contribution in [2.75, 3.05) is 6.54 Å². The molecule has 0 aromatic rings. The first-order valence-electron chi connectivity index (χ1n) is 3.16. The molecular formula is C6H12FN. The van der Waals surface area contributed by atoms with Gasteiger partial charge in [0.15, 0.2) is 0 Å². The zero-order valence-corrected chi connectivity index (χ0v) is 5.15. The molecule has 48 valence electrons. The summed E-state index contributed by atoms with van der Waals surface area (Å²) in [5.74, 6) is 0. The maximum Gasteiger partial charge on any atom is 0.113 e. The van der Waals surface area contributed by atoms with Crippen LogP contribution in [0.25, 0.3) is 0 Å². The summed E-state index contributed by atoms with van der Waals surface area (Å²) in [6.45, 7) is 2.65. The molecule has 0 radical (unpaired) electrons. The Morgan fingerprint density at radius 3 is 2.62 bits per heavy atom. The summed E-state index contributed by atoms with van der Waals surface area (Å²) < 4.78 is 12.3. The van der Waals surface area contributed by atoms with Crippen molar-refractivity contribution in [1.29, 1.82) is 0 Å². The molecule has 1 aliphatic rings. The quantitative estimate of drug-likeness (QED) is 0.501. The van der Waals surface area contributed by atoms with Gasteiger partial charge in [-0.05, 0) is 19.8 Å². The van der Waals surface area contributed by atoms with Crippen molar-refractivity contribution in [3.05, 3.63) is 0 Å². The average Bonchev–Trinajstić information content (AvgIpc) is 1.77. The molecule has 8 heavy (non-hydrogen) atoms. The molecule has 0 unspecified atom stereocenters. The molecule has 0 bridgehead atoms. The van der Waals surface area contributed by atoms with Crippen LogP contribution in [0.15, 0.2) is 0 Å². The van der Waals surface area contributed by atoms with Crippen LogP contribution in [-0.2, 0) is 0 Å². The fraction of sp³-hybridized carbons (Fsp3) is 1.00. The number of rotatable bonds is 0. The van der Waals surface area contributed by atoms with Gasteiger partial charge in [-0.25, -0.2) is 4.39 Å². The van der Waals surface area contributed by atoms with E-state index in [2.05, 4.69) is 12.2 Å².